The van der Waals surface area contributed by atoms with E-state index >= 15 is 0 Å². The maximum absolute atomic E-state index is 11.6. The van der Waals surface area contributed by atoms with Gasteiger partial charge in [-0.2, -0.15) is 0 Å². The molecule has 7 heteroatoms. The Morgan fingerprint density at radius 3 is 2.38 bits per heavy atom. The minimum atomic E-state index is -0.898. The molecule has 1 atom stereocenters. The lowest BCUT2D eigenvalue weighted by Gasteiger charge is -2.09. The Bertz CT molecular complexity index is 529. The predicted octanol–water partition coefficient (Wildman–Crippen LogP) is 6.76. The highest BCUT2D eigenvalue weighted by molar-refractivity contribution is 5.78. The van der Waals surface area contributed by atoms with Crippen LogP contribution >= 0.6 is 0 Å². The van der Waals surface area contributed by atoms with Crippen LogP contribution in [-0.2, 0) is 19.2 Å². The number of Topliss-reactive ketones (excluding diaryl/α,β-unsaturated/α-hetero) is 1. The number of esters is 1. The van der Waals surface area contributed by atoms with Crippen molar-refractivity contribution in [2.45, 2.75) is 123 Å². The summed E-state index contributed by atoms with van der Waals surface area (Å²) < 4.78 is 4.79. The van der Waals surface area contributed by atoms with Gasteiger partial charge < -0.3 is 9.57 Å². The van der Waals surface area contributed by atoms with E-state index in [1.807, 2.05) is 19.1 Å². The highest BCUT2D eigenvalue weighted by Gasteiger charge is 2.15. The van der Waals surface area contributed by atoms with Gasteiger partial charge in [-0.1, -0.05) is 70.4 Å². The molecule has 7 nitrogen and oxygen atoms in total. The Balaban J connectivity index is 0.000000601. The lowest BCUT2D eigenvalue weighted by atomic mass is 9.98. The zero-order chi connectivity index (χ0) is 24.0. The van der Waals surface area contributed by atoms with Crippen LogP contribution in [0.3, 0.4) is 0 Å². The molecule has 0 aromatic rings. The molecule has 1 aliphatic rings. The van der Waals surface area contributed by atoms with Crippen molar-refractivity contribution in [1.29, 1.82) is 0 Å². The van der Waals surface area contributed by atoms with E-state index < -0.39 is 11.2 Å². The van der Waals surface area contributed by atoms with E-state index in [1.54, 1.807) is 0 Å². The smallest absolute Gasteiger partial charge is 0.305 e. The first-order chi connectivity index (χ1) is 15.4. The highest BCUT2D eigenvalue weighted by atomic mass is 17.0. The highest BCUT2D eigenvalue weighted by Crippen LogP contribution is 2.28. The summed E-state index contributed by atoms with van der Waals surface area (Å²) >= 11 is 0. The average molecular weight is 456 g/mol. The summed E-state index contributed by atoms with van der Waals surface area (Å²) in [6.07, 6.45) is 19.8. The summed E-state index contributed by atoms with van der Waals surface area (Å²) in [7, 11) is 0. The van der Waals surface area contributed by atoms with Crippen LogP contribution in [0.1, 0.15) is 117 Å². The summed E-state index contributed by atoms with van der Waals surface area (Å²) in [5.41, 5.74) is 0. The molecule has 0 aromatic heterocycles. The zero-order valence-electron chi connectivity index (χ0n) is 20.5. The lowest BCUT2D eigenvalue weighted by molar-refractivity contribution is -0.767. The second-order valence-corrected chi connectivity index (χ2v) is 8.68. The van der Waals surface area contributed by atoms with E-state index in [1.165, 1.54) is 64.7 Å². The second-order valence-electron chi connectivity index (χ2n) is 8.68. The number of hydrogen-bond acceptors (Lipinski definition) is 6. The Hall–Kier alpha value is -1.92. The van der Waals surface area contributed by atoms with Crippen LogP contribution in [0.25, 0.3) is 0 Å². The van der Waals surface area contributed by atoms with Gasteiger partial charge in [0, 0.05) is 19.3 Å². The first kappa shape index (κ1) is 30.1. The second kappa shape index (κ2) is 21.0. The fourth-order valence-electron chi connectivity index (χ4n) is 3.71. The lowest BCUT2D eigenvalue weighted by Crippen LogP contribution is -2.21. The third-order valence-corrected chi connectivity index (χ3v) is 5.60. The summed E-state index contributed by atoms with van der Waals surface area (Å²) in [5.74, 6) is 1.04. The van der Waals surface area contributed by atoms with Gasteiger partial charge in [-0.25, -0.2) is 0 Å². The molecule has 186 valence electrons. The standard InChI is InChI=1S/C15H28O.C10H17NO5/c1-2-3-4-5-6-11-15(16)13-12-14-9-7-8-10-14;1-3-4-5-6-7-10(12)15-8-9(2)16-11(13)14/h14H,2-13H2,1H3;3-4,9H,5-8H2,1-2H3/b;4-3-. The maximum atomic E-state index is 11.6. The number of carbonyl (C=O) groups excluding carboxylic acids is 2. The zero-order valence-corrected chi connectivity index (χ0v) is 20.5. The van der Waals surface area contributed by atoms with Crippen LogP contribution < -0.4 is 0 Å². The molecule has 0 bridgehead atoms. The molecule has 0 saturated heterocycles. The maximum Gasteiger partial charge on any atom is 0.305 e. The number of unbranched alkanes of at least 4 members (excludes halogenated alkanes) is 5. The topological polar surface area (TPSA) is 95.7 Å². The van der Waals surface area contributed by atoms with Crippen LogP contribution in [0, 0.1) is 16.0 Å². The minimum Gasteiger partial charge on any atom is -0.463 e. The van der Waals surface area contributed by atoms with Gasteiger partial charge in [0.05, 0.1) is 0 Å². The molecule has 0 radical (unpaired) electrons. The Morgan fingerprint density at radius 2 is 1.75 bits per heavy atom. The number of hydrogen-bond donors (Lipinski definition) is 0. The van der Waals surface area contributed by atoms with Gasteiger partial charge in [-0.15, -0.1) is 10.1 Å². The molecular weight excluding hydrogens is 410 g/mol. The fraction of sp³-hybridized carbons (Fsp3) is 0.840. The van der Waals surface area contributed by atoms with Gasteiger partial charge >= 0.3 is 5.97 Å². The first-order valence-corrected chi connectivity index (χ1v) is 12.5. The quantitative estimate of drug-likeness (QED) is 0.0790. The molecule has 32 heavy (non-hydrogen) atoms. The van der Waals surface area contributed by atoms with Crippen LogP contribution in [0.4, 0.5) is 0 Å². The third-order valence-electron chi connectivity index (χ3n) is 5.60. The van der Waals surface area contributed by atoms with Gasteiger partial charge in [0.25, 0.3) is 5.09 Å². The first-order valence-electron chi connectivity index (χ1n) is 12.5. The third kappa shape index (κ3) is 20.0. The molecule has 0 aliphatic heterocycles. The Labute approximate surface area is 194 Å². The molecule has 1 rings (SSSR count). The Morgan fingerprint density at radius 1 is 1.06 bits per heavy atom. The summed E-state index contributed by atoms with van der Waals surface area (Å²) in [5, 5.41) is 9.04. The average Bonchev–Trinajstić information content (AvgIpc) is 3.27. The van der Waals surface area contributed by atoms with E-state index in [-0.39, 0.29) is 12.6 Å². The largest absolute Gasteiger partial charge is 0.463 e. The molecule has 1 unspecified atom stereocenters. The van der Waals surface area contributed by atoms with Gasteiger partial charge in [-0.3, -0.25) is 9.59 Å². The normalized spacial score (nSPS) is 14.6. The monoisotopic (exact) mass is 455 g/mol. The molecule has 0 N–H and O–H groups in total. The van der Waals surface area contributed by atoms with Crippen molar-refractivity contribution in [1.82, 2.24) is 0 Å². The molecule has 1 saturated carbocycles. The number of ketones is 1. The van der Waals surface area contributed by atoms with E-state index in [4.69, 9.17) is 4.74 Å². The summed E-state index contributed by atoms with van der Waals surface area (Å²) in [6.45, 7) is 5.51. The van der Waals surface area contributed by atoms with E-state index in [9.17, 15) is 19.7 Å². The van der Waals surface area contributed by atoms with Crippen LogP contribution in [0.2, 0.25) is 0 Å². The van der Waals surface area contributed by atoms with Crippen molar-refractivity contribution >= 4 is 11.8 Å². The van der Waals surface area contributed by atoms with Crippen LogP contribution in [0.5, 0.6) is 0 Å². The summed E-state index contributed by atoms with van der Waals surface area (Å²) in [6, 6.07) is 0. The van der Waals surface area contributed by atoms with Crippen LogP contribution in [0.15, 0.2) is 12.2 Å². The SMILES string of the molecule is C/C=C\CCCC(=O)OCC(C)O[N+](=O)[O-].CCCCCCCC(=O)CCC1CCCC1. The molecule has 0 aromatic carbocycles. The number of carbonyl (C=O) groups is 2. The molecule has 1 aliphatic carbocycles. The number of nitrogens with zero attached hydrogens (tertiary/aromatic N) is 1. The number of rotatable bonds is 17. The van der Waals surface area contributed by atoms with Gasteiger partial charge in [0.2, 0.25) is 0 Å². The van der Waals surface area contributed by atoms with Crippen LogP contribution in [-0.4, -0.2) is 29.6 Å². The van der Waals surface area contributed by atoms with E-state index in [0.29, 0.717) is 18.6 Å². The Kier molecular flexibility index (Phi) is 19.7. The molecular formula is C25H45NO6. The minimum absolute atomic E-state index is 0.0938. The van der Waals surface area contributed by atoms with Crippen molar-refractivity contribution < 1.29 is 24.3 Å². The van der Waals surface area contributed by atoms with Crippen molar-refractivity contribution in [3.8, 4) is 0 Å². The van der Waals surface area contributed by atoms with Crippen molar-refractivity contribution in [3.63, 3.8) is 0 Å². The van der Waals surface area contributed by atoms with Crippen molar-refractivity contribution in [3.05, 3.63) is 22.3 Å². The van der Waals surface area contributed by atoms with Gasteiger partial charge in [-0.05, 0) is 45.4 Å². The molecule has 1 fully saturated rings. The van der Waals surface area contributed by atoms with E-state index in [0.717, 1.165) is 31.6 Å². The molecule has 0 spiro atoms. The number of ether oxygens (including phenoxy) is 1. The van der Waals surface area contributed by atoms with Crippen molar-refractivity contribution in [2.24, 2.45) is 5.92 Å². The molecule has 0 amide bonds. The summed E-state index contributed by atoms with van der Waals surface area (Å²) in [4.78, 5) is 36.9. The predicted molar refractivity (Wildman–Crippen MR) is 127 cm³/mol. The van der Waals surface area contributed by atoms with Crippen molar-refractivity contribution in [2.75, 3.05) is 6.61 Å². The van der Waals surface area contributed by atoms with Gasteiger partial charge in [0.15, 0.2) is 0 Å². The molecule has 0 heterocycles. The number of allylic oxidation sites excluding steroid dienone is 2. The van der Waals surface area contributed by atoms with E-state index in [2.05, 4.69) is 11.8 Å². The van der Waals surface area contributed by atoms with Gasteiger partial charge in [0.1, 0.15) is 18.5 Å². The fourth-order valence-corrected chi connectivity index (χ4v) is 3.71.